The van der Waals surface area contributed by atoms with Crippen molar-refractivity contribution in [2.24, 2.45) is 29.1 Å². The molecule has 4 aliphatic rings. The molecule has 304 valence electrons. The number of carbonyl (C=O) groups excluding carboxylic acids is 2. The minimum absolute atomic E-state index is 0.0341. The topological polar surface area (TPSA) is 136 Å². The molecule has 5 N–H and O–H groups in total. The molecule has 0 spiro atoms. The number of benzene rings is 3. The number of hydroxylamine groups is 2. The van der Waals surface area contributed by atoms with Gasteiger partial charge in [-0.2, -0.15) is 5.06 Å². The fourth-order valence-corrected chi connectivity index (χ4v) is 10.4. The highest BCUT2D eigenvalue weighted by Crippen LogP contribution is 2.61. The summed E-state index contributed by atoms with van der Waals surface area (Å²) in [6.07, 6.45) is 0.464. The van der Waals surface area contributed by atoms with Crippen LogP contribution in [0.1, 0.15) is 65.9 Å². The zero-order chi connectivity index (χ0) is 40.5. The number of para-hydroxylation sites is 1. The first kappa shape index (κ1) is 42.3. The quantitative estimate of drug-likeness (QED) is 0.0980. The van der Waals surface area contributed by atoms with E-state index >= 15 is 0 Å². The van der Waals surface area contributed by atoms with Crippen molar-refractivity contribution in [3.05, 3.63) is 83.4 Å². The van der Waals surface area contributed by atoms with Crippen molar-refractivity contribution < 1.29 is 29.4 Å². The van der Waals surface area contributed by atoms with Gasteiger partial charge < -0.3 is 35.8 Å². The van der Waals surface area contributed by atoms with Gasteiger partial charge in [-0.1, -0.05) is 91.9 Å². The molecule has 56 heavy (non-hydrogen) atoms. The maximum atomic E-state index is 14.3. The van der Waals surface area contributed by atoms with Crippen LogP contribution in [0.2, 0.25) is 0 Å². The molecule has 11 nitrogen and oxygen atoms in total. The largest absolute Gasteiger partial charge is 0.496 e. The summed E-state index contributed by atoms with van der Waals surface area (Å²) in [6, 6.07) is 20.8. The minimum Gasteiger partial charge on any atom is -0.496 e. The number of hydrogen-bond donors (Lipinski definition) is 5. The molecule has 10 atom stereocenters. The van der Waals surface area contributed by atoms with E-state index in [9.17, 15) is 19.8 Å². The third-order valence-corrected chi connectivity index (χ3v) is 14.5. The fraction of sp³-hybridized carbons (Fsp3) is 0.545. The molecule has 3 aromatic carbocycles. The van der Waals surface area contributed by atoms with Crippen LogP contribution >= 0.6 is 22.6 Å². The lowest BCUT2D eigenvalue weighted by molar-refractivity contribution is -0.183. The molecule has 12 heteroatoms. The lowest BCUT2D eigenvalue weighted by Crippen LogP contribution is -2.62. The van der Waals surface area contributed by atoms with E-state index in [1.807, 2.05) is 80.6 Å². The van der Waals surface area contributed by atoms with Gasteiger partial charge in [0.1, 0.15) is 17.9 Å². The maximum absolute atomic E-state index is 14.3. The van der Waals surface area contributed by atoms with Gasteiger partial charge in [0.15, 0.2) is 0 Å². The zero-order valence-electron chi connectivity index (χ0n) is 34.0. The fourth-order valence-electron chi connectivity index (χ4n) is 9.55. The summed E-state index contributed by atoms with van der Waals surface area (Å²) in [4.78, 5) is 36.6. The van der Waals surface area contributed by atoms with E-state index in [1.54, 1.807) is 19.1 Å². The molecule has 0 aromatic heterocycles. The van der Waals surface area contributed by atoms with Gasteiger partial charge >= 0.3 is 0 Å². The van der Waals surface area contributed by atoms with Crippen molar-refractivity contribution in [2.75, 3.05) is 46.3 Å². The number of likely N-dealkylation sites (N-methyl/N-ethyl adjacent to an activating group) is 1. The van der Waals surface area contributed by atoms with E-state index in [1.165, 1.54) is 6.42 Å². The number of fused-ring (bicyclic) bond motifs is 2. The molecule has 0 radical (unpaired) electrons. The van der Waals surface area contributed by atoms with Gasteiger partial charge in [-0.05, 0) is 79.3 Å². The van der Waals surface area contributed by atoms with Crippen LogP contribution < -0.4 is 25.6 Å². The van der Waals surface area contributed by atoms with E-state index in [4.69, 9.17) is 9.57 Å². The van der Waals surface area contributed by atoms with Crippen LogP contribution in [0.4, 0.5) is 5.69 Å². The average molecular weight is 882 g/mol. The summed E-state index contributed by atoms with van der Waals surface area (Å²) in [6.45, 7) is 8.97. The number of halogens is 1. The Morgan fingerprint density at radius 2 is 1.82 bits per heavy atom. The number of methoxy groups -OCH3 is 1. The van der Waals surface area contributed by atoms with E-state index in [2.05, 4.69) is 71.4 Å². The number of amides is 2. The average Bonchev–Trinajstić information content (AvgIpc) is 3.56. The standard InChI is InChI=1S/C44H60IN5O6/c1-25-34-20-31(44(34,3)4)21-35(25)47-43(54)40-38(26(2)52)37(24-51)56-50(40)23-28-15-12-16-33(41(28)55-8)29-17-30(19-32(18-29)49(6)7)42(53)48-36(22-46-5)39(45)27-13-10-9-11-14-27/h9-19,25-26,31,34-40,46,51-52H,20-24H2,1-8H3,(H,47,54)(H,48,53)/t25-,26-,31+,34-,35-,36-,37-,38+,39-,40-/m0/s1. The van der Waals surface area contributed by atoms with E-state index < -0.39 is 24.2 Å². The smallest absolute Gasteiger partial charge is 0.251 e. The number of nitrogens with one attached hydrogen (secondary N) is 3. The zero-order valence-corrected chi connectivity index (χ0v) is 36.1. The number of ether oxygens (including phenoxy) is 1. The van der Waals surface area contributed by atoms with Crippen LogP contribution in [0.3, 0.4) is 0 Å². The van der Waals surface area contributed by atoms with Crippen molar-refractivity contribution in [1.82, 2.24) is 21.0 Å². The second-order valence-corrected chi connectivity index (χ2v) is 18.2. The van der Waals surface area contributed by atoms with E-state index in [-0.39, 0.29) is 46.4 Å². The van der Waals surface area contributed by atoms with Gasteiger partial charge in [0.2, 0.25) is 5.91 Å². The number of rotatable bonds is 15. The second kappa shape index (κ2) is 17.7. The number of carbonyl (C=O) groups is 2. The number of aliphatic hydroxyl groups is 2. The number of nitrogens with zero attached hydrogens (tertiary/aromatic N) is 2. The predicted molar refractivity (Wildman–Crippen MR) is 229 cm³/mol. The Kier molecular flexibility index (Phi) is 13.4. The number of anilines is 1. The Bertz CT molecular complexity index is 1840. The maximum Gasteiger partial charge on any atom is 0.251 e. The summed E-state index contributed by atoms with van der Waals surface area (Å²) < 4.78 is 6.15. The van der Waals surface area contributed by atoms with Gasteiger partial charge in [-0.3, -0.25) is 14.4 Å². The molecule has 2 amide bonds. The van der Waals surface area contributed by atoms with Crippen LogP contribution in [0.15, 0.2) is 66.7 Å². The van der Waals surface area contributed by atoms with Crippen molar-refractivity contribution in [3.63, 3.8) is 0 Å². The van der Waals surface area contributed by atoms with Crippen LogP contribution in [-0.2, 0) is 16.2 Å². The predicted octanol–water partition coefficient (Wildman–Crippen LogP) is 5.58. The molecular weight excluding hydrogens is 821 g/mol. The molecule has 0 unspecified atom stereocenters. The Morgan fingerprint density at radius 1 is 1.09 bits per heavy atom. The number of hydrogen-bond acceptors (Lipinski definition) is 9. The molecule has 1 heterocycles. The van der Waals surface area contributed by atoms with Crippen molar-refractivity contribution >= 4 is 40.1 Å². The van der Waals surface area contributed by atoms with E-state index in [0.29, 0.717) is 35.6 Å². The minimum atomic E-state index is -0.904. The Hall–Kier alpha value is -3.27. The molecule has 1 saturated heterocycles. The van der Waals surface area contributed by atoms with Crippen molar-refractivity contribution in [1.29, 1.82) is 0 Å². The first-order chi connectivity index (χ1) is 26.7. The van der Waals surface area contributed by atoms with Crippen molar-refractivity contribution in [3.8, 4) is 16.9 Å². The molecule has 7 rings (SSSR count). The highest BCUT2D eigenvalue weighted by Gasteiger charge is 2.57. The lowest BCUT2D eigenvalue weighted by Gasteiger charge is -2.62. The van der Waals surface area contributed by atoms with Crippen molar-refractivity contribution in [2.45, 2.75) is 81.3 Å². The molecule has 3 saturated carbocycles. The molecule has 2 bridgehead atoms. The highest BCUT2D eigenvalue weighted by molar-refractivity contribution is 14.1. The number of aliphatic hydroxyl groups excluding tert-OH is 2. The SMILES string of the molecule is CNC[C@H](NC(=O)c1cc(-c2cccc(CN3O[C@@H](CO)[C@@H]([C@H](C)O)[C@H]3C(=O)N[C@H]3C[C@H]4C[C@@H]([C@@H]3C)C4(C)C)c2OC)cc(N(C)C)c1)[C@@H](I)c1ccccc1. The Balaban J connectivity index is 1.29. The lowest BCUT2D eigenvalue weighted by atomic mass is 9.45. The van der Waals surface area contributed by atoms with Gasteiger partial charge in [0.05, 0.1) is 36.3 Å². The highest BCUT2D eigenvalue weighted by atomic mass is 127. The van der Waals surface area contributed by atoms with E-state index in [0.717, 1.165) is 34.4 Å². The number of alkyl halides is 1. The van der Waals surface area contributed by atoms with Gasteiger partial charge in [-0.15, -0.1) is 0 Å². The third-order valence-electron chi connectivity index (χ3n) is 12.9. The molecule has 3 aliphatic carbocycles. The summed E-state index contributed by atoms with van der Waals surface area (Å²) in [5.74, 6) is 0.992. The molecule has 3 aromatic rings. The van der Waals surface area contributed by atoms with Gasteiger partial charge in [-0.25, -0.2) is 0 Å². The third kappa shape index (κ3) is 8.47. The summed E-state index contributed by atoms with van der Waals surface area (Å²) in [5.41, 5.74) is 5.09. The van der Waals surface area contributed by atoms with Crippen LogP contribution in [-0.4, -0.2) is 98.8 Å². The van der Waals surface area contributed by atoms with Gasteiger partial charge in [0.25, 0.3) is 5.91 Å². The molecule has 1 aliphatic heterocycles. The first-order valence-corrected chi connectivity index (χ1v) is 21.1. The van der Waals surface area contributed by atoms with Crippen LogP contribution in [0.5, 0.6) is 5.75 Å². The molecular formula is C44H60IN5O6. The monoisotopic (exact) mass is 881 g/mol. The normalized spacial score (nSPS) is 27.1. The van der Waals surface area contributed by atoms with Crippen LogP contribution in [0, 0.1) is 29.1 Å². The summed E-state index contributed by atoms with van der Waals surface area (Å²) in [7, 11) is 7.38. The Morgan fingerprint density at radius 3 is 2.43 bits per heavy atom. The summed E-state index contributed by atoms with van der Waals surface area (Å²) in [5, 5.41) is 32.8. The molecule has 4 fully saturated rings. The Labute approximate surface area is 346 Å². The second-order valence-electron chi connectivity index (χ2n) is 16.8. The summed E-state index contributed by atoms with van der Waals surface area (Å²) >= 11 is 2.40. The van der Waals surface area contributed by atoms with Crippen LogP contribution in [0.25, 0.3) is 11.1 Å². The van der Waals surface area contributed by atoms with Gasteiger partial charge in [0, 0.05) is 55.0 Å². The first-order valence-electron chi connectivity index (χ1n) is 19.9.